The van der Waals surface area contributed by atoms with E-state index >= 15 is 0 Å². The zero-order valence-corrected chi connectivity index (χ0v) is 41.4. The van der Waals surface area contributed by atoms with Crippen LogP contribution in [0.2, 0.25) is 20.1 Å². The molecule has 51 heavy (non-hydrogen) atoms. The van der Waals surface area contributed by atoms with Gasteiger partial charge in [0.2, 0.25) is 5.75 Å². The summed E-state index contributed by atoms with van der Waals surface area (Å²) in [5.74, 6) is 0.358. The van der Waals surface area contributed by atoms with Crippen molar-refractivity contribution in [1.82, 2.24) is 18.7 Å². The Bertz CT molecular complexity index is 1380. The topological polar surface area (TPSA) is 56.1 Å². The SMILES string of the molecule is COc1c(Cl)c(Cl)c(Cl)c(Cl)c1O[P+](/N=N/C(P(=S)(N(C(C)C)C(C)C)N(C(C)C)C(C)C)=P(C)(C)C)(N(C(C)C)C(C)C)N(C(C)C)C(C)C. The minimum atomic E-state index is -3.40. The van der Waals surface area contributed by atoms with Gasteiger partial charge in [-0.2, -0.15) is 0 Å². The number of hydrogen-bond donors (Lipinski definition) is 0. The van der Waals surface area contributed by atoms with Gasteiger partial charge in [-0.1, -0.05) is 65.1 Å². The molecule has 0 unspecified atom stereocenters. The third kappa shape index (κ3) is 10.8. The summed E-state index contributed by atoms with van der Waals surface area (Å²) < 4.78 is 22.9. The number of ether oxygens (including phenoxy) is 1. The minimum Gasteiger partial charge on any atom is -0.491 e. The molecular formula is C35H68Cl4N6O2P3S+. The molecule has 0 saturated heterocycles. The number of hydrogen-bond acceptors (Lipinski definition) is 6. The summed E-state index contributed by atoms with van der Waals surface area (Å²) in [6, 6.07) is 0.546. The summed E-state index contributed by atoms with van der Waals surface area (Å²) in [5, 5.41) is 6.88. The Morgan fingerprint density at radius 1 is 0.569 bits per heavy atom. The van der Waals surface area contributed by atoms with Crippen LogP contribution in [-0.4, -0.2) is 99.3 Å². The fourth-order valence-corrected chi connectivity index (χ4v) is 23.9. The predicted octanol–water partition coefficient (Wildman–Crippen LogP) is 13.6. The smallest absolute Gasteiger partial charge is 0.483 e. The Labute approximate surface area is 338 Å². The van der Waals surface area contributed by atoms with Gasteiger partial charge in [0.05, 0.1) is 22.0 Å². The van der Waals surface area contributed by atoms with Gasteiger partial charge < -0.3 is 4.74 Å². The zero-order chi connectivity index (χ0) is 40.3. The first-order valence-electron chi connectivity index (χ1n) is 18.0. The molecule has 1 rings (SSSR count). The van der Waals surface area contributed by atoms with Gasteiger partial charge in [0, 0.05) is 48.3 Å². The molecule has 0 aliphatic heterocycles. The molecule has 0 saturated carbocycles. The monoisotopic (exact) mass is 869 g/mol. The molecular weight excluding hydrogens is 803 g/mol. The Balaban J connectivity index is 4.85. The normalized spacial score (nSPS) is 14.0. The van der Waals surface area contributed by atoms with Crippen molar-refractivity contribution in [2.75, 3.05) is 27.1 Å². The second-order valence-corrected chi connectivity index (χ2v) is 28.6. The van der Waals surface area contributed by atoms with Crippen molar-refractivity contribution in [3.63, 3.8) is 0 Å². The highest BCUT2D eigenvalue weighted by Crippen LogP contribution is 2.73. The van der Waals surface area contributed by atoms with E-state index in [4.69, 9.17) is 77.5 Å². The molecule has 298 valence electrons. The highest BCUT2D eigenvalue weighted by Gasteiger charge is 2.63. The molecule has 0 heterocycles. The van der Waals surface area contributed by atoms with Crippen LogP contribution in [-0.2, 0) is 11.8 Å². The first kappa shape index (κ1) is 49.8. The molecule has 0 atom stereocenters. The number of benzene rings is 1. The van der Waals surface area contributed by atoms with Gasteiger partial charge in [0.25, 0.3) is 0 Å². The Morgan fingerprint density at radius 2 is 0.882 bits per heavy atom. The number of halogens is 4. The van der Waals surface area contributed by atoms with E-state index in [2.05, 4.69) is 149 Å². The summed E-state index contributed by atoms with van der Waals surface area (Å²) in [6.07, 6.45) is -2.75. The molecule has 0 bridgehead atoms. The largest absolute Gasteiger partial charge is 0.491 e. The molecule has 0 fully saturated rings. The van der Waals surface area contributed by atoms with Crippen molar-refractivity contribution in [3.8, 4) is 11.5 Å². The lowest BCUT2D eigenvalue weighted by molar-refractivity contribution is 0.206. The van der Waals surface area contributed by atoms with Crippen LogP contribution in [0.3, 0.4) is 0 Å². The average molecular weight is 872 g/mol. The van der Waals surface area contributed by atoms with Gasteiger partial charge in [-0.3, -0.25) is 13.9 Å². The molecule has 0 spiro atoms. The second kappa shape index (κ2) is 19.8. The van der Waals surface area contributed by atoms with Crippen LogP contribution in [0, 0.1) is 0 Å². The quantitative estimate of drug-likeness (QED) is 0.0630. The fourth-order valence-electron chi connectivity index (χ4n) is 7.15. The number of rotatable bonds is 18. The van der Waals surface area contributed by atoms with Gasteiger partial charge in [-0.15, -0.1) is 14.5 Å². The molecule has 1 aromatic rings. The van der Waals surface area contributed by atoms with E-state index in [9.17, 15) is 0 Å². The van der Waals surface area contributed by atoms with Crippen LogP contribution in [0.1, 0.15) is 111 Å². The van der Waals surface area contributed by atoms with Crippen molar-refractivity contribution in [2.45, 2.75) is 159 Å². The van der Waals surface area contributed by atoms with E-state index < -0.39 is 21.2 Å². The number of nitrogens with zero attached hydrogens (tertiary/aromatic N) is 6. The average Bonchev–Trinajstić information content (AvgIpc) is 2.92. The lowest BCUT2D eigenvalue weighted by atomic mass is 10.3. The second-order valence-electron chi connectivity index (χ2n) is 16.0. The fraction of sp³-hybridized carbons (Fsp3) is 0.800. The van der Waals surface area contributed by atoms with E-state index in [0.717, 1.165) is 5.16 Å². The Kier molecular flexibility index (Phi) is 19.3. The standard InChI is InChI=1S/C35H68Cl4N6O2P3S/c1-21(2)42(22(3)4)49(51,43(23(5)6)24(7)8)35(48(18,19)20)40-41-50(44(25(9)10)26(11)12,45(27(13)14)28(15)16)47-34-32(39)30(37)29(36)31(38)33(34)46-17/h21-28H,1-20H3/q+1/b41-40+. The van der Waals surface area contributed by atoms with E-state index in [1.165, 1.54) is 7.11 Å². The molecule has 0 amide bonds. The molecule has 0 aliphatic rings. The maximum Gasteiger partial charge on any atom is 0.483 e. The lowest BCUT2D eigenvalue weighted by Gasteiger charge is -2.51. The Morgan fingerprint density at radius 3 is 1.14 bits per heavy atom. The van der Waals surface area contributed by atoms with E-state index in [1.54, 1.807) is 0 Å². The first-order chi connectivity index (χ1) is 23.1. The maximum atomic E-state index is 7.40. The summed E-state index contributed by atoms with van der Waals surface area (Å²) in [7, 11) is -1.90. The molecule has 16 heteroatoms. The van der Waals surface area contributed by atoms with Gasteiger partial charge >= 0.3 is 7.94 Å². The lowest BCUT2D eigenvalue weighted by Crippen LogP contribution is -2.49. The van der Waals surface area contributed by atoms with Gasteiger partial charge in [0.15, 0.2) is 5.75 Å². The summed E-state index contributed by atoms with van der Waals surface area (Å²) in [4.78, 5) is 5.60. The number of methoxy groups -OCH3 is 1. The first-order valence-corrected chi connectivity index (χ1v) is 26.9. The third-order valence-electron chi connectivity index (χ3n) is 8.17. The van der Waals surface area contributed by atoms with Gasteiger partial charge in [-0.05, 0) is 131 Å². The van der Waals surface area contributed by atoms with Crippen molar-refractivity contribution in [3.05, 3.63) is 20.1 Å². The summed E-state index contributed by atoms with van der Waals surface area (Å²) in [6.45, 7) is 40.0. The molecule has 0 radical (unpaired) electrons. The molecule has 0 aromatic heterocycles. The van der Waals surface area contributed by atoms with Crippen LogP contribution in [0.5, 0.6) is 11.5 Å². The zero-order valence-electron chi connectivity index (χ0n) is 34.9. The highest BCUT2D eigenvalue weighted by atomic mass is 35.5. The van der Waals surface area contributed by atoms with Crippen LogP contribution in [0.4, 0.5) is 0 Å². The molecule has 1 aromatic carbocycles. The van der Waals surface area contributed by atoms with Gasteiger partial charge in [0.1, 0.15) is 21.5 Å². The maximum absolute atomic E-state index is 7.40. The van der Waals surface area contributed by atoms with Crippen molar-refractivity contribution >= 4 is 84.5 Å². The van der Waals surface area contributed by atoms with E-state index in [0.29, 0.717) is 0 Å². The van der Waals surface area contributed by atoms with E-state index in [-0.39, 0.29) is 79.9 Å². The molecule has 8 nitrogen and oxygen atoms in total. The molecule has 0 N–H and O–H groups in total. The van der Waals surface area contributed by atoms with Crippen LogP contribution in [0.15, 0.2) is 10.00 Å². The summed E-state index contributed by atoms with van der Waals surface area (Å²) >= 11 is 34.2. The molecule has 0 aliphatic carbocycles. The van der Waals surface area contributed by atoms with Crippen LogP contribution in [0.25, 0.3) is 0 Å². The van der Waals surface area contributed by atoms with Crippen molar-refractivity contribution in [1.29, 1.82) is 0 Å². The van der Waals surface area contributed by atoms with Crippen LogP contribution >= 0.6 is 67.6 Å². The Hall–Kier alpha value is 0.800. The van der Waals surface area contributed by atoms with E-state index in [1.807, 2.05) is 0 Å². The van der Waals surface area contributed by atoms with Crippen molar-refractivity contribution in [2.24, 2.45) is 10.00 Å². The van der Waals surface area contributed by atoms with Crippen LogP contribution < -0.4 is 9.26 Å². The van der Waals surface area contributed by atoms with Gasteiger partial charge in [-0.25, -0.2) is 0 Å². The third-order valence-corrected chi connectivity index (χ3v) is 23.4. The highest BCUT2D eigenvalue weighted by molar-refractivity contribution is 8.24. The predicted molar refractivity (Wildman–Crippen MR) is 238 cm³/mol. The summed E-state index contributed by atoms with van der Waals surface area (Å²) in [5.41, 5.74) is 0. The minimum absolute atomic E-state index is 0.0260. The van der Waals surface area contributed by atoms with Crippen molar-refractivity contribution < 1.29 is 9.26 Å².